The molecule has 5 N–H and O–H groups in total. The van der Waals surface area contributed by atoms with E-state index < -0.39 is 17.8 Å². The number of hydrogen-bond acceptors (Lipinski definition) is 5. The van der Waals surface area contributed by atoms with E-state index >= 15 is 0 Å². The number of anilines is 2. The Hall–Kier alpha value is -3.37. The van der Waals surface area contributed by atoms with E-state index in [1.54, 1.807) is 29.9 Å². The molecule has 0 spiro atoms. The number of carbonyl (C=O) groups is 1. The summed E-state index contributed by atoms with van der Waals surface area (Å²) in [5.41, 5.74) is 7.65. The number of nitrogens with two attached hydrogens (primary N) is 1. The third-order valence-corrected chi connectivity index (χ3v) is 5.70. The molecule has 3 heterocycles. The zero-order chi connectivity index (χ0) is 22.0. The number of fused-ring (bicyclic) bond motifs is 1. The van der Waals surface area contributed by atoms with E-state index in [-0.39, 0.29) is 12.5 Å². The maximum atomic E-state index is 12.9. The number of hydrogen-bond donors (Lipinski definition) is 4. The monoisotopic (exact) mass is 445 g/mol. The predicted octanol–water partition coefficient (Wildman–Crippen LogP) is 4.82. The Bertz CT molecular complexity index is 1200. The number of thiophene rings is 1. The van der Waals surface area contributed by atoms with Crippen LogP contribution in [0, 0.1) is 0 Å². The van der Waals surface area contributed by atoms with Crippen LogP contribution >= 0.6 is 11.3 Å². The maximum absolute atomic E-state index is 12.9. The van der Waals surface area contributed by atoms with Gasteiger partial charge in [0.25, 0.3) is 5.91 Å². The number of aromatic nitrogens is 2. The Balaban J connectivity index is 1.52. The fraction of sp³-hybridized carbons (Fsp3) is 0.143. The van der Waals surface area contributed by atoms with E-state index in [9.17, 15) is 18.0 Å². The van der Waals surface area contributed by atoms with E-state index in [1.807, 2.05) is 6.07 Å². The van der Waals surface area contributed by atoms with E-state index in [0.717, 1.165) is 28.9 Å². The topological polar surface area (TPSA) is 95.8 Å². The molecule has 0 saturated carbocycles. The Morgan fingerprint density at radius 3 is 2.61 bits per heavy atom. The molecule has 4 rings (SSSR count). The van der Waals surface area contributed by atoms with Gasteiger partial charge in [-0.3, -0.25) is 4.79 Å². The van der Waals surface area contributed by atoms with Crippen molar-refractivity contribution in [1.82, 2.24) is 15.3 Å². The van der Waals surface area contributed by atoms with Crippen LogP contribution in [0.1, 0.15) is 26.8 Å². The van der Waals surface area contributed by atoms with Gasteiger partial charge in [0, 0.05) is 24.3 Å². The second-order valence-corrected chi connectivity index (χ2v) is 7.68. The predicted molar refractivity (Wildman–Crippen MR) is 114 cm³/mol. The normalized spacial score (nSPS) is 12.6. The molecule has 0 fully saturated rings. The first-order chi connectivity index (χ1) is 14.9. The highest BCUT2D eigenvalue weighted by atomic mass is 32.1. The molecular weight excluding hydrogens is 427 g/mol. The number of carbonyl (C=O) groups excluding carboxylic acids is 1. The summed E-state index contributed by atoms with van der Waals surface area (Å²) in [7, 11) is 0. The second-order valence-electron chi connectivity index (χ2n) is 6.77. The largest absolute Gasteiger partial charge is 0.416 e. The standard InChI is InChI=1S/C21H18F3N5OS/c22-21(23,24)13-3-1-12(2-4-13)17(11-25)29-20(30)18-16(7-10-31-18)28-15-6-9-27-19-14(15)5-8-26-19/h1-10,17H,11,25H2,(H,29,30)(H2,26,27,28). The van der Waals surface area contributed by atoms with Crippen LogP contribution in [0.25, 0.3) is 11.0 Å². The highest BCUT2D eigenvalue weighted by Crippen LogP contribution is 2.31. The number of alkyl halides is 3. The minimum Gasteiger partial charge on any atom is -0.354 e. The molecule has 0 aliphatic heterocycles. The molecule has 3 aromatic heterocycles. The molecule has 1 amide bonds. The number of nitrogens with zero attached hydrogens (tertiary/aromatic N) is 1. The molecule has 0 saturated heterocycles. The van der Waals surface area contributed by atoms with Gasteiger partial charge >= 0.3 is 6.18 Å². The van der Waals surface area contributed by atoms with Gasteiger partial charge in [-0.15, -0.1) is 11.3 Å². The average Bonchev–Trinajstić information content (AvgIpc) is 3.41. The first-order valence-corrected chi connectivity index (χ1v) is 10.2. The molecule has 4 aromatic rings. The van der Waals surface area contributed by atoms with Crippen LogP contribution in [0.2, 0.25) is 0 Å². The summed E-state index contributed by atoms with van der Waals surface area (Å²) in [6, 6.07) is 9.46. The van der Waals surface area contributed by atoms with Crippen molar-refractivity contribution in [3.8, 4) is 0 Å². The van der Waals surface area contributed by atoms with E-state index in [2.05, 4.69) is 20.6 Å². The molecule has 6 nitrogen and oxygen atoms in total. The van der Waals surface area contributed by atoms with Crippen LogP contribution < -0.4 is 16.4 Å². The summed E-state index contributed by atoms with van der Waals surface area (Å²) in [4.78, 5) is 20.6. The van der Waals surface area contributed by atoms with Gasteiger partial charge in [0.15, 0.2) is 0 Å². The molecule has 0 aliphatic rings. The fourth-order valence-electron chi connectivity index (χ4n) is 3.21. The zero-order valence-electron chi connectivity index (χ0n) is 16.0. The van der Waals surface area contributed by atoms with Crippen molar-refractivity contribution < 1.29 is 18.0 Å². The highest BCUT2D eigenvalue weighted by Gasteiger charge is 2.30. The molecule has 0 bridgehead atoms. The summed E-state index contributed by atoms with van der Waals surface area (Å²) in [6.45, 7) is 0.0412. The number of nitrogens with one attached hydrogen (secondary N) is 3. The number of aromatic amines is 1. The Morgan fingerprint density at radius 1 is 1.13 bits per heavy atom. The molecule has 0 aliphatic carbocycles. The van der Waals surface area contributed by atoms with Crippen molar-refractivity contribution in [2.24, 2.45) is 5.73 Å². The van der Waals surface area contributed by atoms with Gasteiger partial charge < -0.3 is 21.4 Å². The van der Waals surface area contributed by atoms with Crippen molar-refractivity contribution >= 4 is 39.7 Å². The zero-order valence-corrected chi connectivity index (χ0v) is 16.8. The molecule has 1 atom stereocenters. The molecule has 31 heavy (non-hydrogen) atoms. The number of rotatable bonds is 6. The van der Waals surface area contributed by atoms with Gasteiger partial charge in [0.1, 0.15) is 10.5 Å². The number of benzene rings is 1. The van der Waals surface area contributed by atoms with Crippen molar-refractivity contribution in [3.05, 3.63) is 76.2 Å². The second kappa shape index (κ2) is 8.40. The van der Waals surface area contributed by atoms with Crippen LogP contribution in [0.5, 0.6) is 0 Å². The number of halogens is 3. The van der Waals surface area contributed by atoms with Gasteiger partial charge in [0.05, 0.1) is 23.0 Å². The molecule has 160 valence electrons. The maximum Gasteiger partial charge on any atom is 0.416 e. The third-order valence-electron chi connectivity index (χ3n) is 4.78. The summed E-state index contributed by atoms with van der Waals surface area (Å²) < 4.78 is 38.4. The first kappa shape index (κ1) is 20.9. The summed E-state index contributed by atoms with van der Waals surface area (Å²) >= 11 is 1.25. The number of amides is 1. The van der Waals surface area contributed by atoms with Crippen LogP contribution in [-0.2, 0) is 6.18 Å². The van der Waals surface area contributed by atoms with Crippen molar-refractivity contribution in [3.63, 3.8) is 0 Å². The van der Waals surface area contributed by atoms with Gasteiger partial charge in [-0.25, -0.2) is 4.98 Å². The minimum atomic E-state index is -4.42. The molecule has 1 unspecified atom stereocenters. The first-order valence-electron chi connectivity index (χ1n) is 9.31. The minimum absolute atomic E-state index is 0.0412. The lowest BCUT2D eigenvalue weighted by Gasteiger charge is -2.18. The molecule has 10 heteroatoms. The highest BCUT2D eigenvalue weighted by molar-refractivity contribution is 7.12. The summed E-state index contributed by atoms with van der Waals surface area (Å²) in [5, 5.41) is 8.72. The van der Waals surface area contributed by atoms with Crippen molar-refractivity contribution in [1.29, 1.82) is 0 Å². The molecule has 0 radical (unpaired) electrons. The van der Waals surface area contributed by atoms with Gasteiger partial charge in [-0.1, -0.05) is 12.1 Å². The number of H-pyrrole nitrogens is 1. The van der Waals surface area contributed by atoms with Crippen LogP contribution in [0.15, 0.2) is 60.2 Å². The SMILES string of the molecule is NCC(NC(=O)c1sccc1Nc1ccnc2[nH]ccc12)c1ccc(C(F)(F)F)cc1. The Kier molecular flexibility index (Phi) is 5.66. The summed E-state index contributed by atoms with van der Waals surface area (Å²) in [6.07, 6.45) is -0.988. The van der Waals surface area contributed by atoms with Crippen molar-refractivity contribution in [2.45, 2.75) is 12.2 Å². The number of pyridine rings is 1. The van der Waals surface area contributed by atoms with Crippen LogP contribution in [0.4, 0.5) is 24.5 Å². The van der Waals surface area contributed by atoms with Crippen molar-refractivity contribution in [2.75, 3.05) is 11.9 Å². The van der Waals surface area contributed by atoms with Crippen LogP contribution in [0.3, 0.4) is 0 Å². The lowest BCUT2D eigenvalue weighted by Crippen LogP contribution is -2.33. The van der Waals surface area contributed by atoms with E-state index in [4.69, 9.17) is 5.73 Å². The van der Waals surface area contributed by atoms with Gasteiger partial charge in [0.2, 0.25) is 0 Å². The molecule has 1 aromatic carbocycles. The van der Waals surface area contributed by atoms with Crippen LogP contribution in [-0.4, -0.2) is 22.4 Å². The average molecular weight is 445 g/mol. The third kappa shape index (κ3) is 4.39. The van der Waals surface area contributed by atoms with Gasteiger partial charge in [-0.2, -0.15) is 13.2 Å². The lowest BCUT2D eigenvalue weighted by molar-refractivity contribution is -0.137. The smallest absolute Gasteiger partial charge is 0.354 e. The Morgan fingerprint density at radius 2 is 1.90 bits per heavy atom. The quantitative estimate of drug-likeness (QED) is 0.342. The Labute approximate surface area is 179 Å². The van der Waals surface area contributed by atoms with E-state index in [0.29, 0.717) is 16.1 Å². The van der Waals surface area contributed by atoms with E-state index in [1.165, 1.54) is 23.5 Å². The fourth-order valence-corrected chi connectivity index (χ4v) is 3.96. The molecular formula is C21H18F3N5OS. The lowest BCUT2D eigenvalue weighted by atomic mass is 10.0. The summed E-state index contributed by atoms with van der Waals surface area (Å²) in [5.74, 6) is -0.368. The van der Waals surface area contributed by atoms with Gasteiger partial charge in [-0.05, 0) is 41.3 Å².